The fraction of sp³-hybridized carbons (Fsp3) is 0.267. The van der Waals surface area contributed by atoms with Crippen molar-refractivity contribution in [2.24, 2.45) is 12.5 Å². The molecule has 0 saturated heterocycles. The lowest BCUT2D eigenvalue weighted by molar-refractivity contribution is -0.633. The van der Waals surface area contributed by atoms with Gasteiger partial charge in [0.1, 0.15) is 18.2 Å². The van der Waals surface area contributed by atoms with Crippen LogP contribution in [0.3, 0.4) is 0 Å². The number of hydrogen-bond donors (Lipinski definition) is 0. The van der Waals surface area contributed by atoms with Crippen LogP contribution in [0, 0.1) is 25.8 Å². The smallest absolute Gasteiger partial charge is 0.217 e. The summed E-state index contributed by atoms with van der Waals surface area (Å²) in [6, 6.07) is 19.0. The predicted molar refractivity (Wildman–Crippen MR) is 137 cm³/mol. The summed E-state index contributed by atoms with van der Waals surface area (Å²) in [5.41, 5.74) is 9.75. The summed E-state index contributed by atoms with van der Waals surface area (Å²) in [5, 5.41) is 3.46. The highest BCUT2D eigenvalue weighted by atomic mass is 16.3. The number of benzene rings is 3. The van der Waals surface area contributed by atoms with Crippen LogP contribution in [0.5, 0.6) is 0 Å². The van der Waals surface area contributed by atoms with Gasteiger partial charge in [-0.1, -0.05) is 45.0 Å². The molecule has 0 aliphatic heterocycles. The maximum absolute atomic E-state index is 7.38. The predicted octanol–water partition coefficient (Wildman–Crippen LogP) is 7.99. The molecule has 3 heteroatoms. The minimum Gasteiger partial charge on any atom is -0.456 e. The Balaban J connectivity index is 1.91. The van der Waals surface area contributed by atoms with Gasteiger partial charge in [0, 0.05) is 28.3 Å². The zero-order valence-electron chi connectivity index (χ0n) is 20.2. The quantitative estimate of drug-likeness (QED) is 0.204. The summed E-state index contributed by atoms with van der Waals surface area (Å²) in [7, 11) is 2.14. The Labute approximate surface area is 195 Å². The van der Waals surface area contributed by atoms with E-state index < -0.39 is 0 Å². The third-order valence-corrected chi connectivity index (χ3v) is 6.66. The van der Waals surface area contributed by atoms with Gasteiger partial charge in [-0.25, -0.2) is 4.85 Å². The van der Waals surface area contributed by atoms with E-state index >= 15 is 0 Å². The SMILES string of the molecule is [C-]#[N+]c1ccc2c(c1)oc1c(-c3cc(CC(C)(C)C)c4ccccc4[n+]3C)c(C)c(C)cc12. The van der Waals surface area contributed by atoms with Crippen LogP contribution in [0.2, 0.25) is 0 Å². The van der Waals surface area contributed by atoms with Gasteiger partial charge in [-0.05, 0) is 60.6 Å². The third-order valence-electron chi connectivity index (χ3n) is 6.66. The van der Waals surface area contributed by atoms with Crippen molar-refractivity contribution in [3.63, 3.8) is 0 Å². The van der Waals surface area contributed by atoms with Gasteiger partial charge in [0.2, 0.25) is 11.2 Å². The zero-order valence-corrected chi connectivity index (χ0v) is 20.2. The maximum Gasteiger partial charge on any atom is 0.217 e. The molecule has 0 fully saturated rings. The molecule has 0 saturated carbocycles. The normalized spacial score (nSPS) is 12.0. The van der Waals surface area contributed by atoms with E-state index in [0.717, 1.165) is 39.6 Å². The summed E-state index contributed by atoms with van der Waals surface area (Å²) >= 11 is 0. The number of nitrogens with zero attached hydrogens (tertiary/aromatic N) is 2. The molecule has 0 amide bonds. The number of furan rings is 1. The lowest BCUT2D eigenvalue weighted by atomic mass is 9.85. The van der Waals surface area contributed by atoms with Crippen LogP contribution in [-0.2, 0) is 13.5 Å². The molecule has 164 valence electrons. The van der Waals surface area contributed by atoms with Gasteiger partial charge in [-0.15, -0.1) is 0 Å². The van der Waals surface area contributed by atoms with Crippen LogP contribution in [0.4, 0.5) is 5.69 Å². The summed E-state index contributed by atoms with van der Waals surface area (Å²) in [6.07, 6.45) is 0.990. The lowest BCUT2D eigenvalue weighted by Gasteiger charge is -2.20. The second kappa shape index (κ2) is 7.46. The number of para-hydroxylation sites is 1. The number of hydrogen-bond acceptors (Lipinski definition) is 1. The topological polar surface area (TPSA) is 21.4 Å². The Hall–Kier alpha value is -3.64. The first-order chi connectivity index (χ1) is 15.7. The number of pyridine rings is 1. The highest BCUT2D eigenvalue weighted by Gasteiger charge is 2.26. The standard InChI is InChI=1S/C30H29N2O/c1-18-14-24-23-13-12-21(31-6)16-27(23)33-29(24)28(19(18)2)26-15-20(17-30(3,4)5)22-10-8-9-11-25(22)32(26)7/h8-16H,17H2,1-5,7H3/q+1. The van der Waals surface area contributed by atoms with Crippen molar-refractivity contribution in [3.05, 3.63) is 82.7 Å². The van der Waals surface area contributed by atoms with Crippen molar-refractivity contribution in [1.82, 2.24) is 0 Å². The van der Waals surface area contributed by atoms with Gasteiger partial charge in [-0.3, -0.25) is 0 Å². The van der Waals surface area contributed by atoms with E-state index in [9.17, 15) is 0 Å². The molecule has 0 bridgehead atoms. The minimum atomic E-state index is 0.173. The molecular formula is C30H29N2O+. The molecule has 0 N–H and O–H groups in total. The van der Waals surface area contributed by atoms with Gasteiger partial charge >= 0.3 is 0 Å². The van der Waals surface area contributed by atoms with Crippen LogP contribution in [0.25, 0.3) is 48.9 Å². The van der Waals surface area contributed by atoms with Gasteiger partial charge < -0.3 is 4.42 Å². The number of rotatable bonds is 2. The summed E-state index contributed by atoms with van der Waals surface area (Å²) in [4.78, 5) is 3.59. The number of fused-ring (bicyclic) bond motifs is 4. The van der Waals surface area contributed by atoms with E-state index in [-0.39, 0.29) is 5.41 Å². The zero-order chi connectivity index (χ0) is 23.5. The van der Waals surface area contributed by atoms with Crippen molar-refractivity contribution in [2.45, 2.75) is 41.0 Å². The van der Waals surface area contributed by atoms with E-state index in [0.29, 0.717) is 5.69 Å². The summed E-state index contributed by atoms with van der Waals surface area (Å²) in [5.74, 6) is 0. The molecule has 5 aromatic rings. The van der Waals surface area contributed by atoms with E-state index in [2.05, 4.69) is 87.5 Å². The van der Waals surface area contributed by atoms with Crippen molar-refractivity contribution >= 4 is 38.5 Å². The largest absolute Gasteiger partial charge is 0.456 e. The molecule has 5 rings (SSSR count). The van der Waals surface area contributed by atoms with E-state index in [1.165, 1.54) is 27.6 Å². The average molecular weight is 434 g/mol. The Morgan fingerprint density at radius 2 is 1.70 bits per heavy atom. The van der Waals surface area contributed by atoms with E-state index in [4.69, 9.17) is 11.0 Å². The monoisotopic (exact) mass is 433 g/mol. The van der Waals surface area contributed by atoms with Gasteiger partial charge in [0.05, 0.1) is 12.1 Å². The average Bonchev–Trinajstić information content (AvgIpc) is 3.13. The highest BCUT2D eigenvalue weighted by Crippen LogP contribution is 2.40. The number of aryl methyl sites for hydroxylation is 2. The molecule has 3 nitrogen and oxygen atoms in total. The molecular weight excluding hydrogens is 404 g/mol. The second-order valence-corrected chi connectivity index (χ2v) is 10.3. The first kappa shape index (κ1) is 21.2. The van der Waals surface area contributed by atoms with Crippen LogP contribution in [-0.4, -0.2) is 0 Å². The molecule has 0 unspecified atom stereocenters. The molecule has 0 aliphatic carbocycles. The summed E-state index contributed by atoms with van der Waals surface area (Å²) in [6.45, 7) is 18.6. The molecule has 2 heterocycles. The van der Waals surface area contributed by atoms with Gasteiger partial charge in [0.15, 0.2) is 5.69 Å². The number of aromatic nitrogens is 1. The molecule has 0 aliphatic rings. The van der Waals surface area contributed by atoms with Crippen LogP contribution >= 0.6 is 0 Å². The Kier molecular flexibility index (Phi) is 4.79. The van der Waals surface area contributed by atoms with Crippen LogP contribution in [0.15, 0.2) is 59.0 Å². The molecule has 33 heavy (non-hydrogen) atoms. The van der Waals surface area contributed by atoms with Crippen molar-refractivity contribution in [3.8, 4) is 11.3 Å². The van der Waals surface area contributed by atoms with Crippen molar-refractivity contribution in [1.29, 1.82) is 0 Å². The van der Waals surface area contributed by atoms with Gasteiger partial charge in [0.25, 0.3) is 0 Å². The first-order valence-corrected chi connectivity index (χ1v) is 11.4. The minimum absolute atomic E-state index is 0.173. The van der Waals surface area contributed by atoms with E-state index in [1.54, 1.807) is 0 Å². The Morgan fingerprint density at radius 1 is 0.939 bits per heavy atom. The molecule has 0 spiro atoms. The second-order valence-electron chi connectivity index (χ2n) is 10.3. The van der Waals surface area contributed by atoms with Crippen molar-refractivity contribution in [2.75, 3.05) is 0 Å². The third kappa shape index (κ3) is 3.47. The van der Waals surface area contributed by atoms with E-state index in [1.807, 2.05) is 18.2 Å². The Morgan fingerprint density at radius 3 is 2.42 bits per heavy atom. The lowest BCUT2D eigenvalue weighted by Crippen LogP contribution is -2.33. The van der Waals surface area contributed by atoms with Gasteiger partial charge in [-0.2, -0.15) is 4.57 Å². The molecule has 0 atom stereocenters. The first-order valence-electron chi connectivity index (χ1n) is 11.4. The molecule has 0 radical (unpaired) electrons. The van der Waals surface area contributed by atoms with Crippen LogP contribution < -0.4 is 4.57 Å². The molecule has 3 aromatic carbocycles. The maximum atomic E-state index is 7.38. The summed E-state index contributed by atoms with van der Waals surface area (Å²) < 4.78 is 8.76. The molecule has 2 aromatic heterocycles. The highest BCUT2D eigenvalue weighted by molar-refractivity contribution is 6.11. The Bertz CT molecular complexity index is 1610. The fourth-order valence-electron chi connectivity index (χ4n) is 4.97. The van der Waals surface area contributed by atoms with Crippen LogP contribution in [0.1, 0.15) is 37.5 Å². The van der Waals surface area contributed by atoms with Crippen molar-refractivity contribution < 1.29 is 8.98 Å². The fourth-order valence-corrected chi connectivity index (χ4v) is 4.97.